The van der Waals surface area contributed by atoms with Gasteiger partial charge in [0, 0.05) is 14.1 Å². The van der Waals surface area contributed by atoms with Crippen molar-refractivity contribution in [2.75, 3.05) is 6.61 Å². The third-order valence-electron chi connectivity index (χ3n) is 2.83. The van der Waals surface area contributed by atoms with Crippen LogP contribution < -0.4 is 11.2 Å². The van der Waals surface area contributed by atoms with E-state index in [2.05, 4.69) is 10.9 Å². The number of aromatic nitrogens is 4. The number of aryl methyl sites for hydroxylation is 1. The summed E-state index contributed by atoms with van der Waals surface area (Å²) < 4.78 is 8.25. The fraction of sp³-hybridized carbons (Fsp3) is 0.333. The van der Waals surface area contributed by atoms with E-state index in [-0.39, 0.29) is 24.3 Å². The van der Waals surface area contributed by atoms with Crippen molar-refractivity contribution in [1.29, 1.82) is 0 Å². The lowest BCUT2D eigenvalue weighted by Crippen LogP contribution is -2.37. The molecule has 0 radical (unpaired) electrons. The lowest BCUT2D eigenvalue weighted by Gasteiger charge is -2.06. The first-order chi connectivity index (χ1) is 9.47. The number of hydrogen-bond donors (Lipinski definition) is 0. The van der Waals surface area contributed by atoms with Crippen molar-refractivity contribution in [3.63, 3.8) is 0 Å². The highest BCUT2D eigenvalue weighted by Gasteiger charge is 2.16. The molecule has 0 unspecified atom stereocenters. The van der Waals surface area contributed by atoms with Gasteiger partial charge in [-0.3, -0.25) is 18.7 Å². The molecule has 0 atom stereocenters. The molecule has 104 valence electrons. The first kappa shape index (κ1) is 13.6. The summed E-state index contributed by atoms with van der Waals surface area (Å²) in [5, 5.41) is 0. The van der Waals surface area contributed by atoms with Crippen LogP contribution in [0.5, 0.6) is 0 Å². The molecule has 0 aliphatic rings. The average molecular weight is 276 g/mol. The Bertz CT molecular complexity index is 834. The normalized spacial score (nSPS) is 10.4. The van der Waals surface area contributed by atoms with Crippen LogP contribution in [0.15, 0.2) is 15.9 Å². The number of nitrogens with zero attached hydrogens (tertiary/aromatic N) is 4. The predicted molar refractivity (Wildman–Crippen MR) is 70.0 cm³/mol. The van der Waals surface area contributed by atoms with Crippen LogP contribution in [-0.2, 0) is 30.2 Å². The van der Waals surface area contributed by atoms with Crippen LogP contribution in [-0.4, -0.2) is 31.3 Å². The Morgan fingerprint density at radius 3 is 2.75 bits per heavy atom. The van der Waals surface area contributed by atoms with Gasteiger partial charge in [-0.2, -0.15) is 0 Å². The number of terminal acetylenes is 1. The SMILES string of the molecule is C#CCOC(=O)Cn1cnc2c1c(=O)n(C)c(=O)n2C. The van der Waals surface area contributed by atoms with E-state index in [0.29, 0.717) is 0 Å². The number of rotatable bonds is 3. The highest BCUT2D eigenvalue weighted by Crippen LogP contribution is 2.05. The molecule has 0 saturated heterocycles. The number of esters is 1. The van der Waals surface area contributed by atoms with Gasteiger partial charge >= 0.3 is 11.7 Å². The van der Waals surface area contributed by atoms with E-state index in [0.717, 1.165) is 4.57 Å². The molecule has 20 heavy (non-hydrogen) atoms. The molecule has 0 amide bonds. The molecule has 2 rings (SSSR count). The fourth-order valence-corrected chi connectivity index (χ4v) is 1.82. The second kappa shape index (κ2) is 5.05. The maximum atomic E-state index is 12.1. The monoisotopic (exact) mass is 276 g/mol. The van der Waals surface area contributed by atoms with Gasteiger partial charge < -0.3 is 9.30 Å². The van der Waals surface area contributed by atoms with E-state index in [1.165, 1.54) is 29.6 Å². The molecule has 0 fully saturated rings. The summed E-state index contributed by atoms with van der Waals surface area (Å²) in [4.78, 5) is 39.3. The van der Waals surface area contributed by atoms with Crippen LogP contribution in [0, 0.1) is 12.3 Å². The van der Waals surface area contributed by atoms with Crippen LogP contribution >= 0.6 is 0 Å². The molecular weight excluding hydrogens is 264 g/mol. The van der Waals surface area contributed by atoms with Gasteiger partial charge in [0.2, 0.25) is 0 Å². The Hall–Kier alpha value is -2.82. The van der Waals surface area contributed by atoms with Crippen molar-refractivity contribution in [2.45, 2.75) is 6.54 Å². The molecule has 0 N–H and O–H groups in total. The fourth-order valence-electron chi connectivity index (χ4n) is 1.82. The lowest BCUT2D eigenvalue weighted by molar-refractivity contribution is -0.142. The van der Waals surface area contributed by atoms with Gasteiger partial charge in [-0.05, 0) is 0 Å². The van der Waals surface area contributed by atoms with Crippen molar-refractivity contribution in [2.24, 2.45) is 14.1 Å². The Balaban J connectivity index is 2.53. The van der Waals surface area contributed by atoms with Crippen molar-refractivity contribution in [3.8, 4) is 12.3 Å². The van der Waals surface area contributed by atoms with Gasteiger partial charge in [0.25, 0.3) is 5.56 Å². The first-order valence-corrected chi connectivity index (χ1v) is 5.67. The van der Waals surface area contributed by atoms with Gasteiger partial charge in [-0.1, -0.05) is 5.92 Å². The second-order valence-corrected chi connectivity index (χ2v) is 4.12. The highest BCUT2D eigenvalue weighted by molar-refractivity contribution is 5.75. The molecule has 8 heteroatoms. The summed E-state index contributed by atoms with van der Waals surface area (Å²) in [6.07, 6.45) is 6.29. The van der Waals surface area contributed by atoms with Crippen LogP contribution in [0.3, 0.4) is 0 Å². The van der Waals surface area contributed by atoms with Crippen molar-refractivity contribution in [3.05, 3.63) is 27.2 Å². The van der Waals surface area contributed by atoms with E-state index < -0.39 is 17.2 Å². The Morgan fingerprint density at radius 2 is 2.10 bits per heavy atom. The quantitative estimate of drug-likeness (QED) is 0.509. The summed E-state index contributed by atoms with van der Waals surface area (Å²) in [7, 11) is 2.86. The van der Waals surface area contributed by atoms with Gasteiger partial charge in [-0.15, -0.1) is 6.42 Å². The third-order valence-corrected chi connectivity index (χ3v) is 2.83. The zero-order chi connectivity index (χ0) is 14.9. The molecule has 0 aromatic carbocycles. The number of carbonyl (C=O) groups excluding carboxylic acids is 1. The minimum Gasteiger partial charge on any atom is -0.451 e. The second-order valence-electron chi connectivity index (χ2n) is 4.12. The predicted octanol–water partition coefficient (Wildman–Crippen LogP) is -1.39. The largest absolute Gasteiger partial charge is 0.451 e. The van der Waals surface area contributed by atoms with Crippen molar-refractivity contribution in [1.82, 2.24) is 18.7 Å². The summed E-state index contributed by atoms with van der Waals surface area (Å²) in [5.41, 5.74) is -0.636. The molecule has 8 nitrogen and oxygen atoms in total. The van der Waals surface area contributed by atoms with Crippen LogP contribution in [0.4, 0.5) is 0 Å². The van der Waals surface area contributed by atoms with Gasteiger partial charge in [-0.25, -0.2) is 9.78 Å². The van der Waals surface area contributed by atoms with Crippen molar-refractivity contribution < 1.29 is 9.53 Å². The summed E-state index contributed by atoms with van der Waals surface area (Å²) >= 11 is 0. The molecule has 2 aromatic rings. The number of imidazole rings is 1. The summed E-state index contributed by atoms with van der Waals surface area (Å²) in [6, 6.07) is 0. The summed E-state index contributed by atoms with van der Waals surface area (Å²) in [5.74, 6) is 1.59. The molecule has 0 spiro atoms. The Labute approximate surface area is 113 Å². The van der Waals surface area contributed by atoms with Gasteiger partial charge in [0.05, 0.1) is 6.33 Å². The van der Waals surface area contributed by atoms with E-state index in [1.54, 1.807) is 0 Å². The maximum absolute atomic E-state index is 12.1. The highest BCUT2D eigenvalue weighted by atomic mass is 16.5. The van der Waals surface area contributed by atoms with Crippen LogP contribution in [0.2, 0.25) is 0 Å². The zero-order valence-corrected chi connectivity index (χ0v) is 11.0. The molecule has 0 saturated carbocycles. The minimum atomic E-state index is -0.585. The number of ether oxygens (including phenoxy) is 1. The first-order valence-electron chi connectivity index (χ1n) is 5.67. The Kier molecular flexibility index (Phi) is 3.43. The zero-order valence-electron chi connectivity index (χ0n) is 11.0. The smallest absolute Gasteiger partial charge is 0.332 e. The molecule has 0 bridgehead atoms. The molecule has 0 aliphatic carbocycles. The Morgan fingerprint density at radius 1 is 1.40 bits per heavy atom. The maximum Gasteiger partial charge on any atom is 0.332 e. The van der Waals surface area contributed by atoms with Crippen LogP contribution in [0.1, 0.15) is 0 Å². The van der Waals surface area contributed by atoms with E-state index in [1.807, 2.05) is 0 Å². The number of fused-ring (bicyclic) bond motifs is 1. The molecular formula is C12H12N4O4. The van der Waals surface area contributed by atoms with Gasteiger partial charge in [0.15, 0.2) is 17.8 Å². The van der Waals surface area contributed by atoms with E-state index >= 15 is 0 Å². The average Bonchev–Trinajstić information content (AvgIpc) is 2.84. The summed E-state index contributed by atoms with van der Waals surface area (Å²) in [6.45, 7) is -0.340. The third kappa shape index (κ3) is 2.09. The van der Waals surface area contributed by atoms with Crippen LogP contribution in [0.25, 0.3) is 11.2 Å². The standard InChI is InChI=1S/C12H12N4O4/c1-4-5-20-8(17)6-16-7-13-10-9(16)11(18)15(3)12(19)14(10)2/h1,7H,5-6H2,2-3H3. The number of carbonyl (C=O) groups is 1. The topological polar surface area (TPSA) is 88.1 Å². The molecule has 2 heterocycles. The molecule has 2 aromatic heterocycles. The minimum absolute atomic E-state index is 0.137. The van der Waals surface area contributed by atoms with E-state index in [9.17, 15) is 14.4 Å². The van der Waals surface area contributed by atoms with E-state index in [4.69, 9.17) is 11.2 Å². The van der Waals surface area contributed by atoms with Crippen molar-refractivity contribution >= 4 is 17.1 Å². The number of hydrogen-bond acceptors (Lipinski definition) is 5. The van der Waals surface area contributed by atoms with Gasteiger partial charge in [0.1, 0.15) is 6.54 Å². The lowest BCUT2D eigenvalue weighted by atomic mass is 10.5. The molecule has 0 aliphatic heterocycles.